The number of benzene rings is 1. The number of carbonyl (C=O) groups is 1. The summed E-state index contributed by atoms with van der Waals surface area (Å²) in [5.41, 5.74) is 0.570. The van der Waals surface area contributed by atoms with E-state index in [9.17, 15) is 15.0 Å². The fourth-order valence-corrected chi connectivity index (χ4v) is 2.86. The second kappa shape index (κ2) is 4.49. The highest BCUT2D eigenvalue weighted by atomic mass is 16.4. The highest BCUT2D eigenvalue weighted by Gasteiger charge is 2.46. The molecule has 2 atom stereocenters. The van der Waals surface area contributed by atoms with Gasteiger partial charge < -0.3 is 10.2 Å². The van der Waals surface area contributed by atoms with Crippen LogP contribution in [-0.4, -0.2) is 21.8 Å². The summed E-state index contributed by atoms with van der Waals surface area (Å²) in [6.45, 7) is 1.90. The van der Waals surface area contributed by atoms with Crippen molar-refractivity contribution in [2.45, 2.75) is 44.1 Å². The molecule has 1 aromatic carbocycles. The molecule has 0 aliphatic heterocycles. The van der Waals surface area contributed by atoms with Crippen molar-refractivity contribution in [3.63, 3.8) is 0 Å². The summed E-state index contributed by atoms with van der Waals surface area (Å²) >= 11 is 0. The normalized spacial score (nSPS) is 21.9. The number of hydrogen-bond donors (Lipinski definition) is 2. The average molecular weight is 234 g/mol. The summed E-state index contributed by atoms with van der Waals surface area (Å²) < 4.78 is 0. The van der Waals surface area contributed by atoms with Gasteiger partial charge in [-0.05, 0) is 30.4 Å². The number of fused-ring (bicyclic) bond motifs is 1. The van der Waals surface area contributed by atoms with Crippen LogP contribution in [0, 0.1) is 0 Å². The first-order valence-electron chi connectivity index (χ1n) is 6.13. The Morgan fingerprint density at radius 3 is 2.82 bits per heavy atom. The molecule has 2 N–H and O–H groups in total. The lowest BCUT2D eigenvalue weighted by molar-refractivity contribution is -0.162. The maximum Gasteiger partial charge on any atom is 0.336 e. The molecule has 1 aromatic rings. The number of rotatable bonds is 4. The van der Waals surface area contributed by atoms with Gasteiger partial charge in [0.15, 0.2) is 5.60 Å². The summed E-state index contributed by atoms with van der Waals surface area (Å²) in [6, 6.07) is 7.83. The standard InChI is InChI=1S/C14H18O3/c1-2-9-14(17,13(15)16)12-8-7-10-5-3-4-6-11(10)12/h3-6,12,17H,2,7-9H2,1H3,(H,15,16). The average Bonchev–Trinajstić information content (AvgIpc) is 2.73. The molecule has 0 saturated heterocycles. The topological polar surface area (TPSA) is 57.5 Å². The number of carboxylic acids is 1. The van der Waals surface area contributed by atoms with Crippen LogP contribution >= 0.6 is 0 Å². The van der Waals surface area contributed by atoms with Crippen LogP contribution in [0.5, 0.6) is 0 Å². The second-order valence-electron chi connectivity index (χ2n) is 4.77. The molecular weight excluding hydrogens is 216 g/mol. The quantitative estimate of drug-likeness (QED) is 0.840. The van der Waals surface area contributed by atoms with Gasteiger partial charge >= 0.3 is 5.97 Å². The van der Waals surface area contributed by atoms with Crippen molar-refractivity contribution in [3.8, 4) is 0 Å². The number of aliphatic hydroxyl groups is 1. The Morgan fingerprint density at radius 1 is 1.47 bits per heavy atom. The molecule has 2 rings (SSSR count). The van der Waals surface area contributed by atoms with Crippen LogP contribution in [0.1, 0.15) is 43.2 Å². The molecule has 0 aromatic heterocycles. The summed E-state index contributed by atoms with van der Waals surface area (Å²) in [5.74, 6) is -1.36. The van der Waals surface area contributed by atoms with E-state index in [0.717, 1.165) is 18.4 Å². The molecule has 0 saturated carbocycles. The van der Waals surface area contributed by atoms with Crippen molar-refractivity contribution >= 4 is 5.97 Å². The second-order valence-corrected chi connectivity index (χ2v) is 4.77. The van der Waals surface area contributed by atoms with Gasteiger partial charge in [0, 0.05) is 5.92 Å². The zero-order valence-electron chi connectivity index (χ0n) is 10.0. The Kier molecular flexibility index (Phi) is 3.20. The third-order valence-corrected chi connectivity index (χ3v) is 3.71. The number of carboxylic acid groups (broad SMARTS) is 1. The van der Waals surface area contributed by atoms with Gasteiger partial charge in [-0.25, -0.2) is 4.79 Å². The van der Waals surface area contributed by atoms with E-state index in [4.69, 9.17) is 0 Å². The molecule has 0 spiro atoms. The lowest BCUT2D eigenvalue weighted by atomic mass is 9.80. The monoisotopic (exact) mass is 234 g/mol. The predicted octanol–water partition coefficient (Wildman–Crippen LogP) is 2.33. The SMILES string of the molecule is CCCC(O)(C(=O)O)C1CCc2ccccc21. The Morgan fingerprint density at radius 2 is 2.18 bits per heavy atom. The van der Waals surface area contributed by atoms with Crippen LogP contribution in [0.25, 0.3) is 0 Å². The Bertz CT molecular complexity index is 427. The fraction of sp³-hybridized carbons (Fsp3) is 0.500. The van der Waals surface area contributed by atoms with Gasteiger partial charge in [0.25, 0.3) is 0 Å². The lowest BCUT2D eigenvalue weighted by Crippen LogP contribution is -2.43. The molecule has 0 radical (unpaired) electrons. The molecular formula is C14H18O3. The van der Waals surface area contributed by atoms with Gasteiger partial charge in [-0.3, -0.25) is 0 Å². The first-order chi connectivity index (χ1) is 8.09. The van der Waals surface area contributed by atoms with Crippen LogP contribution < -0.4 is 0 Å². The fourth-order valence-electron chi connectivity index (χ4n) is 2.86. The molecule has 0 bridgehead atoms. The van der Waals surface area contributed by atoms with Crippen LogP contribution in [0.4, 0.5) is 0 Å². The Labute approximate surface area is 101 Å². The van der Waals surface area contributed by atoms with E-state index in [2.05, 4.69) is 0 Å². The molecule has 2 unspecified atom stereocenters. The number of aliphatic carboxylic acids is 1. The first-order valence-corrected chi connectivity index (χ1v) is 6.13. The molecule has 1 aliphatic rings. The minimum atomic E-state index is -1.61. The van der Waals surface area contributed by atoms with E-state index in [1.54, 1.807) is 0 Å². The van der Waals surface area contributed by atoms with Crippen LogP contribution in [-0.2, 0) is 11.2 Å². The predicted molar refractivity (Wildman–Crippen MR) is 65.0 cm³/mol. The maximum absolute atomic E-state index is 11.4. The molecule has 0 amide bonds. The molecule has 3 nitrogen and oxygen atoms in total. The third-order valence-electron chi connectivity index (χ3n) is 3.71. The van der Waals surface area contributed by atoms with Gasteiger partial charge in [-0.15, -0.1) is 0 Å². The summed E-state index contributed by atoms with van der Waals surface area (Å²) in [6.07, 6.45) is 2.56. The van der Waals surface area contributed by atoms with E-state index in [0.29, 0.717) is 12.8 Å². The van der Waals surface area contributed by atoms with Gasteiger partial charge in [-0.1, -0.05) is 37.6 Å². The Balaban J connectivity index is 2.37. The van der Waals surface area contributed by atoms with E-state index in [1.165, 1.54) is 5.56 Å². The molecule has 92 valence electrons. The molecule has 1 aliphatic carbocycles. The van der Waals surface area contributed by atoms with E-state index in [1.807, 2.05) is 31.2 Å². The van der Waals surface area contributed by atoms with Gasteiger partial charge in [0.1, 0.15) is 0 Å². The molecule has 0 fully saturated rings. The number of aryl methyl sites for hydroxylation is 1. The summed E-state index contributed by atoms with van der Waals surface area (Å²) in [7, 11) is 0. The van der Waals surface area contributed by atoms with Crippen LogP contribution in [0.2, 0.25) is 0 Å². The smallest absolute Gasteiger partial charge is 0.336 e. The third kappa shape index (κ3) is 1.95. The van der Waals surface area contributed by atoms with Gasteiger partial charge in [0.05, 0.1) is 0 Å². The van der Waals surface area contributed by atoms with Crippen molar-refractivity contribution in [1.29, 1.82) is 0 Å². The highest BCUT2D eigenvalue weighted by Crippen LogP contribution is 2.42. The van der Waals surface area contributed by atoms with Gasteiger partial charge in [-0.2, -0.15) is 0 Å². The van der Waals surface area contributed by atoms with Crippen LogP contribution in [0.3, 0.4) is 0 Å². The van der Waals surface area contributed by atoms with Crippen molar-refractivity contribution in [3.05, 3.63) is 35.4 Å². The van der Waals surface area contributed by atoms with Crippen molar-refractivity contribution in [1.82, 2.24) is 0 Å². The van der Waals surface area contributed by atoms with Gasteiger partial charge in [0.2, 0.25) is 0 Å². The lowest BCUT2D eigenvalue weighted by Gasteiger charge is -2.30. The zero-order chi connectivity index (χ0) is 12.5. The largest absolute Gasteiger partial charge is 0.479 e. The zero-order valence-corrected chi connectivity index (χ0v) is 10.0. The molecule has 0 heterocycles. The minimum Gasteiger partial charge on any atom is -0.479 e. The molecule has 3 heteroatoms. The van der Waals surface area contributed by atoms with Crippen LogP contribution in [0.15, 0.2) is 24.3 Å². The van der Waals surface area contributed by atoms with Crippen molar-refractivity contribution in [2.75, 3.05) is 0 Å². The number of hydrogen-bond acceptors (Lipinski definition) is 2. The van der Waals surface area contributed by atoms with Crippen molar-refractivity contribution in [2.24, 2.45) is 0 Å². The summed E-state index contributed by atoms with van der Waals surface area (Å²) in [4.78, 5) is 11.4. The van der Waals surface area contributed by atoms with E-state index < -0.39 is 11.6 Å². The first kappa shape index (κ1) is 12.1. The minimum absolute atomic E-state index is 0.267. The summed E-state index contributed by atoms with van der Waals surface area (Å²) in [5, 5.41) is 19.7. The van der Waals surface area contributed by atoms with E-state index >= 15 is 0 Å². The Hall–Kier alpha value is -1.35. The highest BCUT2D eigenvalue weighted by molar-refractivity contribution is 5.79. The molecule has 17 heavy (non-hydrogen) atoms. The van der Waals surface area contributed by atoms with E-state index in [-0.39, 0.29) is 5.92 Å². The maximum atomic E-state index is 11.4. The van der Waals surface area contributed by atoms with Crippen molar-refractivity contribution < 1.29 is 15.0 Å².